The number of nitrogens with two attached hydrogens (primary N) is 1. The molecule has 0 saturated carbocycles. The smallest absolute Gasteiger partial charge is 0.416 e. The van der Waals surface area contributed by atoms with E-state index >= 15 is 0 Å². The summed E-state index contributed by atoms with van der Waals surface area (Å²) in [6.45, 7) is 0. The van der Waals surface area contributed by atoms with Crippen LogP contribution in [0.3, 0.4) is 0 Å². The van der Waals surface area contributed by atoms with Crippen molar-refractivity contribution in [2.45, 2.75) is 6.18 Å². The number of methoxy groups -OCH3 is 1. The highest BCUT2D eigenvalue weighted by Gasteiger charge is 2.31. The number of benzene rings is 1. The molecule has 16 heavy (non-hydrogen) atoms. The molecular weight excluding hydrogens is 225 g/mol. The average molecular weight is 234 g/mol. The summed E-state index contributed by atoms with van der Waals surface area (Å²) in [5.41, 5.74) is 3.81. The van der Waals surface area contributed by atoms with Gasteiger partial charge in [-0.15, -0.1) is 0 Å². The molecule has 0 spiro atoms. The van der Waals surface area contributed by atoms with Gasteiger partial charge in [-0.1, -0.05) is 0 Å². The molecule has 1 rings (SSSR count). The van der Waals surface area contributed by atoms with Gasteiger partial charge >= 0.3 is 12.2 Å². The second-order valence-electron chi connectivity index (χ2n) is 2.90. The molecule has 0 unspecified atom stereocenters. The zero-order chi connectivity index (χ0) is 12.3. The summed E-state index contributed by atoms with van der Waals surface area (Å²) in [4.78, 5) is 10.6. The number of primary amides is 1. The molecule has 0 bridgehead atoms. The van der Waals surface area contributed by atoms with Crippen LogP contribution in [0.25, 0.3) is 0 Å². The van der Waals surface area contributed by atoms with Crippen molar-refractivity contribution in [3.63, 3.8) is 0 Å². The molecular formula is C9H9F3N2O2. The lowest BCUT2D eigenvalue weighted by atomic mass is 10.2. The lowest BCUT2D eigenvalue weighted by Crippen LogP contribution is -2.20. The van der Waals surface area contributed by atoms with Crippen LogP contribution in [0.15, 0.2) is 18.2 Å². The highest BCUT2D eigenvalue weighted by atomic mass is 19.4. The van der Waals surface area contributed by atoms with Crippen LogP contribution >= 0.6 is 0 Å². The van der Waals surface area contributed by atoms with Gasteiger partial charge in [-0.2, -0.15) is 13.2 Å². The molecule has 0 aliphatic rings. The number of hydrogen-bond acceptors (Lipinski definition) is 2. The molecule has 0 aliphatic carbocycles. The van der Waals surface area contributed by atoms with Gasteiger partial charge in [0.2, 0.25) is 0 Å². The first-order valence-corrected chi connectivity index (χ1v) is 4.16. The van der Waals surface area contributed by atoms with Gasteiger partial charge < -0.3 is 15.8 Å². The van der Waals surface area contributed by atoms with Crippen LogP contribution in [0, 0.1) is 0 Å². The quantitative estimate of drug-likeness (QED) is 0.823. The summed E-state index contributed by atoms with van der Waals surface area (Å²) < 4.78 is 41.8. The molecule has 0 heterocycles. The van der Waals surface area contributed by atoms with Crippen molar-refractivity contribution in [1.29, 1.82) is 0 Å². The molecule has 3 N–H and O–H groups in total. The molecule has 4 nitrogen and oxygen atoms in total. The van der Waals surface area contributed by atoms with E-state index in [4.69, 9.17) is 10.5 Å². The number of amides is 2. The van der Waals surface area contributed by atoms with Crippen molar-refractivity contribution in [3.05, 3.63) is 23.8 Å². The number of rotatable bonds is 2. The maximum Gasteiger partial charge on any atom is 0.416 e. The lowest BCUT2D eigenvalue weighted by Gasteiger charge is -2.12. The van der Waals surface area contributed by atoms with Gasteiger partial charge in [0.05, 0.1) is 18.4 Å². The van der Waals surface area contributed by atoms with E-state index in [-0.39, 0.29) is 11.4 Å². The summed E-state index contributed by atoms with van der Waals surface area (Å²) in [5, 5.41) is 2.05. The minimum Gasteiger partial charge on any atom is -0.495 e. The molecule has 0 aromatic heterocycles. The second kappa shape index (κ2) is 4.30. The topological polar surface area (TPSA) is 64.3 Å². The van der Waals surface area contributed by atoms with Crippen LogP contribution in [-0.2, 0) is 6.18 Å². The third kappa shape index (κ3) is 2.78. The molecule has 1 aromatic carbocycles. The standard InChI is InChI=1S/C9H9F3N2O2/c1-16-7-3-2-5(9(10,11)12)4-6(7)14-8(13)15/h2-4H,1H3,(H3,13,14,15). The SMILES string of the molecule is COc1ccc(C(F)(F)F)cc1NC(N)=O. The van der Waals surface area contributed by atoms with E-state index in [2.05, 4.69) is 5.32 Å². The zero-order valence-corrected chi connectivity index (χ0v) is 8.26. The summed E-state index contributed by atoms with van der Waals surface area (Å²) in [7, 11) is 1.27. The van der Waals surface area contributed by atoms with Crippen LogP contribution in [0.1, 0.15) is 5.56 Å². The predicted octanol–water partition coefficient (Wildman–Crippen LogP) is 2.20. The average Bonchev–Trinajstić information content (AvgIpc) is 2.15. The molecule has 0 radical (unpaired) electrons. The summed E-state index contributed by atoms with van der Waals surface area (Å²) in [6, 6.07) is 1.75. The highest BCUT2D eigenvalue weighted by molar-refractivity contribution is 5.89. The molecule has 0 fully saturated rings. The number of alkyl halides is 3. The minimum atomic E-state index is -4.49. The number of hydrogen-bond donors (Lipinski definition) is 2. The first kappa shape index (κ1) is 12.2. The molecule has 1 aromatic rings. The fourth-order valence-corrected chi connectivity index (χ4v) is 1.11. The van der Waals surface area contributed by atoms with Gasteiger partial charge in [-0.25, -0.2) is 4.79 Å². The van der Waals surface area contributed by atoms with E-state index in [9.17, 15) is 18.0 Å². The highest BCUT2D eigenvalue weighted by Crippen LogP contribution is 2.34. The van der Waals surface area contributed by atoms with E-state index < -0.39 is 17.8 Å². The Labute approximate surface area is 89.2 Å². The summed E-state index contributed by atoms with van der Waals surface area (Å²) in [6.07, 6.45) is -4.49. The van der Waals surface area contributed by atoms with Gasteiger partial charge in [-0.3, -0.25) is 0 Å². The zero-order valence-electron chi connectivity index (χ0n) is 8.26. The van der Waals surface area contributed by atoms with E-state index in [1.165, 1.54) is 7.11 Å². The van der Waals surface area contributed by atoms with Gasteiger partial charge in [0.25, 0.3) is 0 Å². The largest absolute Gasteiger partial charge is 0.495 e. The number of anilines is 1. The van der Waals surface area contributed by atoms with Crippen LogP contribution in [-0.4, -0.2) is 13.1 Å². The van der Waals surface area contributed by atoms with Gasteiger partial charge in [0.15, 0.2) is 0 Å². The molecule has 88 valence electrons. The van der Waals surface area contributed by atoms with Crippen molar-refractivity contribution in [2.24, 2.45) is 5.73 Å². The molecule has 0 aliphatic heterocycles. The monoisotopic (exact) mass is 234 g/mol. The number of nitrogens with one attached hydrogen (secondary N) is 1. The van der Waals surface area contributed by atoms with E-state index in [0.29, 0.717) is 0 Å². The predicted molar refractivity (Wildman–Crippen MR) is 51.2 cm³/mol. The fourth-order valence-electron chi connectivity index (χ4n) is 1.11. The Balaban J connectivity index is 3.16. The summed E-state index contributed by atoms with van der Waals surface area (Å²) in [5.74, 6) is 0.104. The van der Waals surface area contributed by atoms with Crippen LogP contribution in [0.2, 0.25) is 0 Å². The number of carbonyl (C=O) groups is 1. The molecule has 7 heteroatoms. The van der Waals surface area contributed by atoms with Gasteiger partial charge in [0, 0.05) is 0 Å². The third-order valence-corrected chi connectivity index (χ3v) is 1.78. The Hall–Kier alpha value is -1.92. The van der Waals surface area contributed by atoms with Crippen LogP contribution in [0.4, 0.5) is 23.7 Å². The Kier molecular flexibility index (Phi) is 3.26. The van der Waals surface area contributed by atoms with Gasteiger partial charge in [0.1, 0.15) is 5.75 Å². The van der Waals surface area contributed by atoms with Crippen molar-refractivity contribution in [1.82, 2.24) is 0 Å². The molecule has 0 saturated heterocycles. The van der Waals surface area contributed by atoms with Crippen molar-refractivity contribution in [3.8, 4) is 5.75 Å². The Bertz CT molecular complexity index is 404. The normalized spacial score (nSPS) is 11.0. The van der Waals surface area contributed by atoms with E-state index in [1.807, 2.05) is 0 Å². The maximum absolute atomic E-state index is 12.4. The lowest BCUT2D eigenvalue weighted by molar-refractivity contribution is -0.137. The fraction of sp³-hybridized carbons (Fsp3) is 0.222. The number of ether oxygens (including phenoxy) is 1. The van der Waals surface area contributed by atoms with Crippen LogP contribution < -0.4 is 15.8 Å². The van der Waals surface area contributed by atoms with Gasteiger partial charge in [-0.05, 0) is 18.2 Å². The van der Waals surface area contributed by atoms with E-state index in [1.54, 1.807) is 0 Å². The summed E-state index contributed by atoms with van der Waals surface area (Å²) >= 11 is 0. The van der Waals surface area contributed by atoms with Crippen molar-refractivity contribution in [2.75, 3.05) is 12.4 Å². The number of halogens is 3. The third-order valence-electron chi connectivity index (χ3n) is 1.78. The number of urea groups is 1. The number of carbonyl (C=O) groups excluding carboxylic acids is 1. The Morgan fingerprint density at radius 2 is 2.06 bits per heavy atom. The van der Waals surface area contributed by atoms with E-state index in [0.717, 1.165) is 18.2 Å². The molecule has 0 atom stereocenters. The first-order chi connectivity index (χ1) is 7.34. The van der Waals surface area contributed by atoms with Crippen LogP contribution in [0.5, 0.6) is 5.75 Å². The Morgan fingerprint density at radius 3 is 2.50 bits per heavy atom. The van der Waals surface area contributed by atoms with Crippen molar-refractivity contribution >= 4 is 11.7 Å². The first-order valence-electron chi connectivity index (χ1n) is 4.16. The second-order valence-corrected chi connectivity index (χ2v) is 2.90. The minimum absolute atomic E-state index is 0.104. The Morgan fingerprint density at radius 1 is 1.44 bits per heavy atom. The maximum atomic E-state index is 12.4. The molecule has 2 amide bonds. The van der Waals surface area contributed by atoms with Crippen molar-refractivity contribution < 1.29 is 22.7 Å².